The largest absolute Gasteiger partial charge is 0.422 e. The number of carbonyl (C=O) groups is 1. The summed E-state index contributed by atoms with van der Waals surface area (Å²) in [7, 11) is 0. The predicted molar refractivity (Wildman–Crippen MR) is 102 cm³/mol. The van der Waals surface area contributed by atoms with Crippen LogP contribution in [0.1, 0.15) is 67.6 Å². The second-order valence-electron chi connectivity index (χ2n) is 7.65. The Labute approximate surface area is 161 Å². The van der Waals surface area contributed by atoms with Gasteiger partial charge in [0.1, 0.15) is 11.1 Å². The number of carbonyl (C=O) groups excluding carboxylic acids is 1. The van der Waals surface area contributed by atoms with Gasteiger partial charge in [0.2, 0.25) is 0 Å². The van der Waals surface area contributed by atoms with Gasteiger partial charge in [-0.25, -0.2) is 4.79 Å². The molecule has 152 valence electrons. The van der Waals surface area contributed by atoms with E-state index in [0.717, 1.165) is 37.2 Å². The number of nitrogens with zero attached hydrogens (tertiary/aromatic N) is 1. The number of alkyl halides is 3. The number of benzene rings is 1. The highest BCUT2D eigenvalue weighted by Gasteiger charge is 2.42. The Morgan fingerprint density at radius 2 is 1.89 bits per heavy atom. The van der Waals surface area contributed by atoms with Gasteiger partial charge in [-0.3, -0.25) is 4.79 Å². The molecule has 0 amide bonds. The zero-order valence-electron chi connectivity index (χ0n) is 16.5. The summed E-state index contributed by atoms with van der Waals surface area (Å²) >= 11 is 0. The van der Waals surface area contributed by atoms with E-state index >= 15 is 0 Å². The molecule has 28 heavy (non-hydrogen) atoms. The van der Waals surface area contributed by atoms with Crippen LogP contribution < -0.4 is 10.5 Å². The standard InChI is InChI=1S/C19H18F3NO3.C2H6/c1-18(2)5-7-23-6-3-4-10-8-11-13(19(20,21)22)12(9-24)17(25)26-16(11)14(18)15(10)23;1-2/h8-9H,3-7H2,1-2H3;1-2H3. The van der Waals surface area contributed by atoms with Crippen molar-refractivity contribution in [3.05, 3.63) is 38.7 Å². The first-order chi connectivity index (χ1) is 13.1. The van der Waals surface area contributed by atoms with Gasteiger partial charge in [0.05, 0.1) is 5.56 Å². The highest BCUT2D eigenvalue weighted by atomic mass is 19.4. The van der Waals surface area contributed by atoms with E-state index in [1.54, 1.807) is 0 Å². The Hall–Kier alpha value is -2.31. The van der Waals surface area contributed by atoms with E-state index in [1.807, 2.05) is 27.7 Å². The monoisotopic (exact) mass is 395 g/mol. The van der Waals surface area contributed by atoms with Crippen LogP contribution in [0.5, 0.6) is 0 Å². The predicted octanol–water partition coefficient (Wildman–Crippen LogP) is 5.08. The van der Waals surface area contributed by atoms with E-state index in [4.69, 9.17) is 4.42 Å². The SMILES string of the molecule is CC.CC1(C)CCN2CCCc3cc4c(C(F)(F)F)c(C=O)c(=O)oc4c1c32. The number of hydrogen-bond donors (Lipinski definition) is 0. The second kappa shape index (κ2) is 6.94. The lowest BCUT2D eigenvalue weighted by Crippen LogP contribution is -2.41. The maximum Gasteiger partial charge on any atom is 0.418 e. The van der Waals surface area contributed by atoms with Gasteiger partial charge in [0.25, 0.3) is 0 Å². The van der Waals surface area contributed by atoms with Crippen LogP contribution in [-0.2, 0) is 18.0 Å². The first-order valence-electron chi connectivity index (χ1n) is 9.59. The molecule has 0 radical (unpaired) electrons. The molecule has 2 aliphatic rings. The average Bonchev–Trinajstić information content (AvgIpc) is 2.63. The van der Waals surface area contributed by atoms with Crippen LogP contribution in [0, 0.1) is 0 Å². The molecule has 0 atom stereocenters. The lowest BCUT2D eigenvalue weighted by Gasteiger charge is -2.44. The lowest BCUT2D eigenvalue weighted by atomic mass is 9.74. The summed E-state index contributed by atoms with van der Waals surface area (Å²) in [5, 5.41) is -0.190. The zero-order valence-corrected chi connectivity index (χ0v) is 16.5. The molecule has 0 N–H and O–H groups in total. The lowest BCUT2D eigenvalue weighted by molar-refractivity contribution is -0.136. The Balaban J connectivity index is 0.00000109. The summed E-state index contributed by atoms with van der Waals surface area (Å²) in [5.41, 5.74) is -1.48. The number of hydrogen-bond acceptors (Lipinski definition) is 4. The van der Waals surface area contributed by atoms with Gasteiger partial charge < -0.3 is 9.32 Å². The minimum Gasteiger partial charge on any atom is -0.422 e. The van der Waals surface area contributed by atoms with Crippen molar-refractivity contribution in [2.45, 2.75) is 58.5 Å². The number of aryl methyl sites for hydroxylation is 1. The molecule has 1 aromatic carbocycles. The molecule has 3 heterocycles. The Morgan fingerprint density at radius 1 is 1.21 bits per heavy atom. The number of anilines is 1. The van der Waals surface area contributed by atoms with E-state index in [1.165, 1.54) is 6.07 Å². The van der Waals surface area contributed by atoms with Gasteiger partial charge in [0.15, 0.2) is 6.29 Å². The summed E-state index contributed by atoms with van der Waals surface area (Å²) < 4.78 is 46.6. The van der Waals surface area contributed by atoms with E-state index in [0.29, 0.717) is 12.0 Å². The number of rotatable bonds is 1. The van der Waals surface area contributed by atoms with Gasteiger partial charge in [-0.15, -0.1) is 0 Å². The Morgan fingerprint density at radius 3 is 2.50 bits per heavy atom. The van der Waals surface area contributed by atoms with Crippen LogP contribution in [0.25, 0.3) is 11.0 Å². The van der Waals surface area contributed by atoms with Crippen molar-refractivity contribution in [3.63, 3.8) is 0 Å². The molecule has 0 saturated heterocycles. The third-order valence-electron chi connectivity index (χ3n) is 5.56. The molecule has 0 bridgehead atoms. The second-order valence-corrected chi connectivity index (χ2v) is 7.65. The zero-order chi connectivity index (χ0) is 20.9. The van der Waals surface area contributed by atoms with E-state index in [-0.39, 0.29) is 17.3 Å². The number of halogens is 3. The molecule has 0 fully saturated rings. The molecule has 0 aliphatic carbocycles. The molecular weight excluding hydrogens is 371 g/mol. The summed E-state index contributed by atoms with van der Waals surface area (Å²) in [6.45, 7) is 9.56. The first-order valence-corrected chi connectivity index (χ1v) is 9.59. The Bertz CT molecular complexity index is 989. The van der Waals surface area contributed by atoms with Crippen LogP contribution in [0.2, 0.25) is 0 Å². The summed E-state index contributed by atoms with van der Waals surface area (Å²) in [6, 6.07) is 1.46. The fourth-order valence-corrected chi connectivity index (χ4v) is 4.32. The van der Waals surface area contributed by atoms with E-state index < -0.39 is 28.3 Å². The van der Waals surface area contributed by atoms with Crippen molar-refractivity contribution >= 4 is 22.9 Å². The topological polar surface area (TPSA) is 50.5 Å². The third kappa shape index (κ3) is 3.01. The maximum atomic E-state index is 13.7. The van der Waals surface area contributed by atoms with Gasteiger partial charge in [-0.1, -0.05) is 27.7 Å². The van der Waals surface area contributed by atoms with Crippen molar-refractivity contribution in [2.24, 2.45) is 0 Å². The first kappa shape index (κ1) is 20.4. The molecule has 0 saturated carbocycles. The molecule has 2 aromatic rings. The molecule has 0 spiro atoms. The Kier molecular flexibility index (Phi) is 5.06. The number of aldehydes is 1. The van der Waals surface area contributed by atoms with E-state index in [9.17, 15) is 22.8 Å². The van der Waals surface area contributed by atoms with Crippen LogP contribution >= 0.6 is 0 Å². The van der Waals surface area contributed by atoms with E-state index in [2.05, 4.69) is 4.90 Å². The number of fused-ring (bicyclic) bond motifs is 2. The minimum atomic E-state index is -4.82. The van der Waals surface area contributed by atoms with Gasteiger partial charge in [-0.2, -0.15) is 13.2 Å². The van der Waals surface area contributed by atoms with Gasteiger partial charge >= 0.3 is 11.8 Å². The van der Waals surface area contributed by atoms with Crippen LogP contribution in [-0.4, -0.2) is 19.4 Å². The van der Waals surface area contributed by atoms with Gasteiger partial charge in [-0.05, 0) is 36.3 Å². The molecule has 4 nitrogen and oxygen atoms in total. The fourth-order valence-electron chi connectivity index (χ4n) is 4.32. The van der Waals surface area contributed by atoms with Crippen molar-refractivity contribution in [1.29, 1.82) is 0 Å². The minimum absolute atomic E-state index is 0.0386. The van der Waals surface area contributed by atoms with Crippen molar-refractivity contribution in [3.8, 4) is 0 Å². The molecular formula is C21H24F3NO3. The highest BCUT2D eigenvalue weighted by molar-refractivity contribution is 5.96. The average molecular weight is 395 g/mol. The van der Waals surface area contributed by atoms with Crippen molar-refractivity contribution in [1.82, 2.24) is 0 Å². The van der Waals surface area contributed by atoms with Crippen molar-refractivity contribution < 1.29 is 22.4 Å². The normalized spacial score (nSPS) is 17.6. The molecule has 0 unspecified atom stereocenters. The maximum absolute atomic E-state index is 13.7. The van der Waals surface area contributed by atoms with Crippen LogP contribution in [0.3, 0.4) is 0 Å². The fraction of sp³-hybridized carbons (Fsp3) is 0.524. The smallest absolute Gasteiger partial charge is 0.418 e. The molecule has 4 rings (SSSR count). The highest BCUT2D eigenvalue weighted by Crippen LogP contribution is 2.49. The summed E-state index contributed by atoms with van der Waals surface area (Å²) in [6.07, 6.45) is -2.61. The molecule has 7 heteroatoms. The summed E-state index contributed by atoms with van der Waals surface area (Å²) in [5.74, 6) is 0. The van der Waals surface area contributed by atoms with Crippen molar-refractivity contribution in [2.75, 3.05) is 18.0 Å². The quantitative estimate of drug-likeness (QED) is 0.499. The van der Waals surface area contributed by atoms with Crippen LogP contribution in [0.15, 0.2) is 15.3 Å². The summed E-state index contributed by atoms with van der Waals surface area (Å²) in [4.78, 5) is 25.5. The third-order valence-corrected chi connectivity index (χ3v) is 5.56. The van der Waals surface area contributed by atoms with Crippen LogP contribution in [0.4, 0.5) is 18.9 Å². The molecule has 2 aliphatic heterocycles. The molecule has 1 aromatic heterocycles. The van der Waals surface area contributed by atoms with Gasteiger partial charge in [0, 0.05) is 29.7 Å².